The summed E-state index contributed by atoms with van der Waals surface area (Å²) in [6.45, 7) is 8.21. The number of nitrogens with zero attached hydrogens (tertiary/aromatic N) is 3. The molecule has 0 saturated carbocycles. The summed E-state index contributed by atoms with van der Waals surface area (Å²) in [6.07, 6.45) is 1.31. The largest absolute Gasteiger partial charge is 0.497 e. The van der Waals surface area contributed by atoms with E-state index in [0.29, 0.717) is 33.5 Å². The molecule has 47 heavy (non-hydrogen) atoms. The molecule has 6 N–H and O–H groups in total. The van der Waals surface area contributed by atoms with Crippen molar-refractivity contribution in [2.24, 2.45) is 10.7 Å². The Morgan fingerprint density at radius 3 is 2.00 bits per heavy atom. The number of halogens is 2. The third-order valence-electron chi connectivity index (χ3n) is 6.99. The van der Waals surface area contributed by atoms with Gasteiger partial charge in [-0.15, -0.1) is 0 Å². The van der Waals surface area contributed by atoms with Crippen molar-refractivity contribution in [1.29, 1.82) is 5.41 Å². The Hall–Kier alpha value is -4.70. The molecule has 0 bridgehead atoms. The van der Waals surface area contributed by atoms with E-state index in [2.05, 4.69) is 44.1 Å². The Labute approximate surface area is 285 Å². The minimum atomic E-state index is 0.149. The summed E-state index contributed by atoms with van der Waals surface area (Å²) in [5.41, 5.74) is 13.0. The van der Waals surface area contributed by atoms with E-state index >= 15 is 0 Å². The Bertz CT molecular complexity index is 1990. The fraction of sp³-hybridized carbons (Fsp3) is 0.222. The number of nitrogens with one attached hydrogen (secondary N) is 4. The number of methoxy groups -OCH3 is 1. The first-order valence-corrected chi connectivity index (χ1v) is 15.9. The van der Waals surface area contributed by atoms with Crippen molar-refractivity contribution in [1.82, 2.24) is 25.3 Å². The van der Waals surface area contributed by atoms with E-state index in [1.54, 1.807) is 13.2 Å². The number of ether oxygens (including phenoxy) is 1. The lowest BCUT2D eigenvalue weighted by atomic mass is 10.2. The molecule has 11 heteroatoms. The van der Waals surface area contributed by atoms with Crippen LogP contribution in [0.4, 0.5) is 0 Å². The lowest BCUT2D eigenvalue weighted by Gasteiger charge is -2.04. The van der Waals surface area contributed by atoms with Gasteiger partial charge < -0.3 is 31.2 Å². The second kappa shape index (κ2) is 16.2. The zero-order chi connectivity index (χ0) is 34.1. The number of hydrogen-bond donors (Lipinski definition) is 5. The normalized spacial score (nSPS) is 11.3. The SMILES string of the molecule is CNC(C)C.COc1ccc(-c2nc3ccc(C(N)=NC(C)C)cc3[nH]2)c(Cl)c1.N=Cc1ccc2nc(-c3ccccc3Cl)[nH]c2c1. The van der Waals surface area contributed by atoms with Crippen molar-refractivity contribution >= 4 is 57.3 Å². The number of nitrogens with two attached hydrogens (primary N) is 1. The fourth-order valence-corrected chi connectivity index (χ4v) is 4.85. The molecule has 2 aromatic heterocycles. The highest BCUT2D eigenvalue weighted by molar-refractivity contribution is 6.33. The minimum Gasteiger partial charge on any atom is -0.497 e. The van der Waals surface area contributed by atoms with E-state index in [-0.39, 0.29) is 6.04 Å². The van der Waals surface area contributed by atoms with Crippen LogP contribution in [0.25, 0.3) is 44.8 Å². The zero-order valence-corrected chi connectivity index (χ0v) is 28.8. The lowest BCUT2D eigenvalue weighted by Crippen LogP contribution is -2.15. The standard InChI is InChI=1S/C18H19ClN4O.C14H10ClN3.C4H11N/c1-10(2)21-17(20)11-4-7-15-16(8-11)23-18(22-15)13-6-5-12(24-3)9-14(13)19;15-11-4-2-1-3-10(11)14-17-12-6-5-9(8-16)7-13(12)18-14;1-4(2)5-3/h4-10H,1-3H3,(H2,20,21)(H,22,23);1-8,16H,(H,17,18);4-5H,1-3H3. The fourth-order valence-electron chi connectivity index (χ4n) is 4.36. The van der Waals surface area contributed by atoms with Gasteiger partial charge >= 0.3 is 0 Å². The maximum Gasteiger partial charge on any atom is 0.140 e. The first-order chi connectivity index (χ1) is 22.5. The van der Waals surface area contributed by atoms with E-state index in [9.17, 15) is 0 Å². The molecule has 2 heterocycles. The first kappa shape index (κ1) is 35.2. The van der Waals surface area contributed by atoms with Gasteiger partial charge in [0.25, 0.3) is 0 Å². The van der Waals surface area contributed by atoms with Gasteiger partial charge in [0.1, 0.15) is 23.2 Å². The smallest absolute Gasteiger partial charge is 0.140 e. The predicted octanol–water partition coefficient (Wildman–Crippen LogP) is 8.50. The summed E-state index contributed by atoms with van der Waals surface area (Å²) in [5, 5.41) is 11.5. The Balaban J connectivity index is 0.000000192. The molecule has 0 unspecified atom stereocenters. The van der Waals surface area contributed by atoms with Crippen LogP contribution < -0.4 is 15.8 Å². The summed E-state index contributed by atoms with van der Waals surface area (Å²) in [7, 11) is 3.56. The highest BCUT2D eigenvalue weighted by Crippen LogP contribution is 2.31. The van der Waals surface area contributed by atoms with Crippen LogP contribution in [0.15, 0.2) is 83.9 Å². The van der Waals surface area contributed by atoms with Gasteiger partial charge in [-0.1, -0.05) is 55.2 Å². The molecule has 0 radical (unpaired) electrons. The van der Waals surface area contributed by atoms with Crippen molar-refractivity contribution in [3.05, 3.63) is 100 Å². The average molecular weight is 672 g/mol. The van der Waals surface area contributed by atoms with Crippen molar-refractivity contribution in [3.8, 4) is 28.5 Å². The van der Waals surface area contributed by atoms with Crippen molar-refractivity contribution < 1.29 is 4.74 Å². The van der Waals surface area contributed by atoms with Crippen LogP contribution in [-0.4, -0.2) is 58.2 Å². The molecule has 244 valence electrons. The molecule has 0 aliphatic carbocycles. The van der Waals surface area contributed by atoms with Crippen molar-refractivity contribution in [3.63, 3.8) is 0 Å². The molecule has 0 atom stereocenters. The molecular weight excluding hydrogens is 631 g/mol. The predicted molar refractivity (Wildman–Crippen MR) is 198 cm³/mol. The number of aromatic amines is 2. The monoisotopic (exact) mass is 670 g/mol. The Morgan fingerprint density at radius 1 is 0.851 bits per heavy atom. The highest BCUT2D eigenvalue weighted by atomic mass is 35.5. The van der Waals surface area contributed by atoms with Crippen molar-refractivity contribution in [2.45, 2.75) is 39.8 Å². The number of aromatic nitrogens is 4. The molecule has 6 rings (SSSR count). The summed E-state index contributed by atoms with van der Waals surface area (Å²) in [6, 6.07) is 25.3. The minimum absolute atomic E-state index is 0.149. The summed E-state index contributed by atoms with van der Waals surface area (Å²) in [5.74, 6) is 2.68. The van der Waals surface area contributed by atoms with Crippen LogP contribution in [0, 0.1) is 5.41 Å². The Morgan fingerprint density at radius 2 is 1.45 bits per heavy atom. The maximum atomic E-state index is 7.24. The molecular formula is C36H40Cl2N8O. The van der Waals surface area contributed by atoms with E-state index in [4.69, 9.17) is 39.1 Å². The number of benzene rings is 4. The highest BCUT2D eigenvalue weighted by Gasteiger charge is 2.12. The van der Waals surface area contributed by atoms with Crippen LogP contribution in [0.2, 0.25) is 10.0 Å². The molecule has 0 amide bonds. The number of aliphatic imine (C=N–C) groups is 1. The van der Waals surface area contributed by atoms with Crippen LogP contribution in [0.5, 0.6) is 5.75 Å². The summed E-state index contributed by atoms with van der Waals surface area (Å²) in [4.78, 5) is 20.0. The molecule has 4 aromatic carbocycles. The van der Waals surface area contributed by atoms with E-state index in [0.717, 1.165) is 50.1 Å². The molecule has 0 saturated heterocycles. The third-order valence-corrected chi connectivity index (χ3v) is 7.63. The lowest BCUT2D eigenvalue weighted by molar-refractivity contribution is 0.415. The van der Waals surface area contributed by atoms with Crippen LogP contribution >= 0.6 is 23.2 Å². The van der Waals surface area contributed by atoms with E-state index < -0.39 is 0 Å². The second-order valence-corrected chi connectivity index (χ2v) is 12.0. The molecule has 6 aromatic rings. The molecule has 0 aliphatic rings. The first-order valence-electron chi connectivity index (χ1n) is 15.1. The zero-order valence-electron chi connectivity index (χ0n) is 27.3. The van der Waals surface area contributed by atoms with Crippen LogP contribution in [0.3, 0.4) is 0 Å². The summed E-state index contributed by atoms with van der Waals surface area (Å²) < 4.78 is 5.18. The number of hydrogen-bond acceptors (Lipinski definition) is 6. The maximum absolute atomic E-state index is 7.24. The molecule has 0 fully saturated rings. The number of rotatable bonds is 7. The van der Waals surface area contributed by atoms with Gasteiger partial charge in [-0.3, -0.25) is 4.99 Å². The van der Waals surface area contributed by atoms with Crippen LogP contribution in [0.1, 0.15) is 38.8 Å². The van der Waals surface area contributed by atoms with Gasteiger partial charge in [-0.25, -0.2) is 9.97 Å². The van der Waals surface area contributed by atoms with E-state index in [1.165, 1.54) is 6.21 Å². The van der Waals surface area contributed by atoms with Gasteiger partial charge in [0.2, 0.25) is 0 Å². The number of imidazole rings is 2. The van der Waals surface area contributed by atoms with Gasteiger partial charge in [-0.05, 0) is 87.1 Å². The third kappa shape index (κ3) is 9.19. The number of amidine groups is 1. The quantitative estimate of drug-likeness (QED) is 0.0855. The van der Waals surface area contributed by atoms with Crippen molar-refractivity contribution in [2.75, 3.05) is 14.2 Å². The van der Waals surface area contributed by atoms with Gasteiger partial charge in [-0.2, -0.15) is 0 Å². The molecule has 9 nitrogen and oxygen atoms in total. The average Bonchev–Trinajstić information content (AvgIpc) is 3.68. The molecule has 0 aliphatic heterocycles. The molecule has 0 spiro atoms. The summed E-state index contributed by atoms with van der Waals surface area (Å²) >= 11 is 12.5. The van der Waals surface area contributed by atoms with Gasteiger partial charge in [0.15, 0.2) is 0 Å². The van der Waals surface area contributed by atoms with Gasteiger partial charge in [0, 0.05) is 35.0 Å². The van der Waals surface area contributed by atoms with E-state index in [1.807, 2.05) is 93.7 Å². The van der Waals surface area contributed by atoms with Gasteiger partial charge in [0.05, 0.1) is 39.2 Å². The number of fused-ring (bicyclic) bond motifs is 2. The number of H-pyrrole nitrogens is 2. The van der Waals surface area contributed by atoms with Crippen LogP contribution in [-0.2, 0) is 0 Å². The topological polar surface area (TPSA) is 141 Å². The second-order valence-electron chi connectivity index (χ2n) is 11.2. The Kier molecular flexibility index (Phi) is 12.1.